The minimum atomic E-state index is -0.531. The molecular weight excluding hydrogens is 690 g/mol. The van der Waals surface area contributed by atoms with E-state index in [2.05, 4.69) is 40.0 Å². The lowest BCUT2D eigenvalue weighted by Crippen LogP contribution is -2.39. The first-order valence-electron chi connectivity index (χ1n) is 17.0. The van der Waals surface area contributed by atoms with Crippen LogP contribution < -0.4 is 20.7 Å². The van der Waals surface area contributed by atoms with Crippen LogP contribution >= 0.6 is 22.9 Å². The van der Waals surface area contributed by atoms with Crippen molar-refractivity contribution in [2.24, 2.45) is 4.99 Å². The number of aryl methyl sites for hydroxylation is 2. The van der Waals surface area contributed by atoms with Crippen LogP contribution in [0.4, 0.5) is 0 Å². The lowest BCUT2D eigenvalue weighted by atomic mass is 9.90. The molecule has 2 aliphatic heterocycles. The van der Waals surface area contributed by atoms with Crippen molar-refractivity contribution in [1.82, 2.24) is 30.7 Å². The van der Waals surface area contributed by atoms with Crippen LogP contribution in [0.5, 0.6) is 5.75 Å². The number of ether oxygens (including phenoxy) is 1. The highest BCUT2D eigenvalue weighted by molar-refractivity contribution is 7.15. The lowest BCUT2D eigenvalue weighted by molar-refractivity contribution is -0.134. The average molecular weight is 730 g/mol. The fraction of sp³-hybridized carbons (Fsp3) is 0.378. The third-order valence-electron chi connectivity index (χ3n) is 9.13. The second-order valence-electron chi connectivity index (χ2n) is 12.7. The zero-order chi connectivity index (χ0) is 36.1. The number of imide groups is 1. The van der Waals surface area contributed by atoms with Gasteiger partial charge in [-0.3, -0.25) is 34.1 Å². The van der Waals surface area contributed by atoms with Crippen molar-refractivity contribution >= 4 is 52.3 Å². The van der Waals surface area contributed by atoms with Gasteiger partial charge in [0, 0.05) is 40.5 Å². The molecule has 6 rings (SSSR count). The van der Waals surface area contributed by atoms with Crippen molar-refractivity contribution < 1.29 is 23.9 Å². The number of aliphatic imine (C=N–C) groups is 1. The molecule has 4 amide bonds. The molecular formula is C37H40ClN7O5S. The predicted octanol–water partition coefficient (Wildman–Crippen LogP) is 5.19. The fourth-order valence-electron chi connectivity index (χ4n) is 6.27. The molecule has 51 heavy (non-hydrogen) atoms. The quantitative estimate of drug-likeness (QED) is 0.126. The number of piperidine rings is 1. The van der Waals surface area contributed by atoms with Gasteiger partial charge in [0.25, 0.3) is 5.91 Å². The van der Waals surface area contributed by atoms with Gasteiger partial charge in [-0.15, -0.1) is 21.5 Å². The number of rotatable bonds is 13. The van der Waals surface area contributed by atoms with Gasteiger partial charge in [-0.05, 0) is 81.8 Å². The summed E-state index contributed by atoms with van der Waals surface area (Å²) in [6.45, 7) is 6.97. The van der Waals surface area contributed by atoms with Gasteiger partial charge in [-0.1, -0.05) is 35.9 Å². The smallest absolute Gasteiger partial charge is 0.257 e. The van der Waals surface area contributed by atoms with Gasteiger partial charge >= 0.3 is 0 Å². The second kappa shape index (κ2) is 16.0. The number of amides is 4. The van der Waals surface area contributed by atoms with Crippen molar-refractivity contribution in [3.63, 3.8) is 0 Å². The highest BCUT2D eigenvalue weighted by Crippen LogP contribution is 2.39. The largest absolute Gasteiger partial charge is 0.484 e. The van der Waals surface area contributed by atoms with Crippen LogP contribution in [0.15, 0.2) is 53.5 Å². The molecule has 0 bridgehead atoms. The molecule has 2 aromatic carbocycles. The Bertz CT molecular complexity index is 1970. The molecule has 0 aliphatic carbocycles. The van der Waals surface area contributed by atoms with E-state index < -0.39 is 6.04 Å². The maximum absolute atomic E-state index is 13.2. The molecule has 2 aliphatic rings. The molecule has 2 atom stereocenters. The lowest BCUT2D eigenvalue weighted by Gasteiger charge is -2.21. The molecule has 0 saturated carbocycles. The number of fused-ring (bicyclic) bond motifs is 3. The van der Waals surface area contributed by atoms with Crippen LogP contribution in [-0.2, 0) is 19.2 Å². The summed E-state index contributed by atoms with van der Waals surface area (Å²) in [6.07, 6.45) is 3.24. The number of carbonyl (C=O) groups excluding carboxylic acids is 4. The van der Waals surface area contributed by atoms with Gasteiger partial charge < -0.3 is 15.4 Å². The van der Waals surface area contributed by atoms with E-state index in [1.807, 2.05) is 35.8 Å². The molecule has 1 fully saturated rings. The van der Waals surface area contributed by atoms with Crippen LogP contribution in [0.2, 0.25) is 5.02 Å². The van der Waals surface area contributed by atoms with Crippen LogP contribution in [0.3, 0.4) is 0 Å². The summed E-state index contributed by atoms with van der Waals surface area (Å²) in [4.78, 5) is 55.3. The number of halogens is 1. The monoisotopic (exact) mass is 729 g/mol. The van der Waals surface area contributed by atoms with Gasteiger partial charge in [-0.2, -0.15) is 0 Å². The minimum absolute atomic E-state index is 0.123. The van der Waals surface area contributed by atoms with Gasteiger partial charge in [0.2, 0.25) is 17.7 Å². The first kappa shape index (κ1) is 35.9. The first-order valence-corrected chi connectivity index (χ1v) is 18.2. The molecule has 1 saturated heterocycles. The number of carbonyl (C=O) groups is 4. The molecule has 2 aromatic heterocycles. The maximum Gasteiger partial charge on any atom is 0.257 e. The highest BCUT2D eigenvalue weighted by atomic mass is 35.5. The zero-order valence-corrected chi connectivity index (χ0v) is 30.3. The zero-order valence-electron chi connectivity index (χ0n) is 28.8. The summed E-state index contributed by atoms with van der Waals surface area (Å²) >= 11 is 7.87. The molecule has 14 heteroatoms. The molecule has 2 unspecified atom stereocenters. The van der Waals surface area contributed by atoms with Gasteiger partial charge in [0.05, 0.1) is 18.1 Å². The fourth-order valence-corrected chi connectivity index (χ4v) is 7.61. The van der Waals surface area contributed by atoms with E-state index in [0.29, 0.717) is 42.5 Å². The summed E-state index contributed by atoms with van der Waals surface area (Å²) in [6, 6.07) is 14.1. The number of hydrogen-bond donors (Lipinski definition) is 3. The molecule has 4 aromatic rings. The molecule has 0 spiro atoms. The van der Waals surface area contributed by atoms with Crippen LogP contribution in [0, 0.1) is 20.8 Å². The number of hydrogen-bond acceptors (Lipinski definition) is 9. The normalized spacial score (nSPS) is 16.7. The highest BCUT2D eigenvalue weighted by Gasteiger charge is 2.32. The topological polar surface area (TPSA) is 157 Å². The van der Waals surface area contributed by atoms with E-state index in [1.165, 1.54) is 4.88 Å². The summed E-state index contributed by atoms with van der Waals surface area (Å²) < 4.78 is 7.62. The Morgan fingerprint density at radius 3 is 2.37 bits per heavy atom. The van der Waals surface area contributed by atoms with E-state index >= 15 is 0 Å². The number of aromatic nitrogens is 3. The Labute approximate surface area is 305 Å². The van der Waals surface area contributed by atoms with Crippen LogP contribution in [0.1, 0.15) is 89.3 Å². The summed E-state index contributed by atoms with van der Waals surface area (Å²) in [7, 11) is 0. The molecule has 4 heterocycles. The average Bonchev–Trinajstić information content (AvgIpc) is 3.59. The molecule has 3 N–H and O–H groups in total. The van der Waals surface area contributed by atoms with Crippen molar-refractivity contribution in [3.05, 3.63) is 92.3 Å². The number of nitrogens with one attached hydrogen (secondary N) is 3. The summed E-state index contributed by atoms with van der Waals surface area (Å²) in [5, 5.41) is 18.7. The Morgan fingerprint density at radius 1 is 0.961 bits per heavy atom. The molecule has 0 radical (unpaired) electrons. The Balaban J connectivity index is 0.949. The maximum atomic E-state index is 13.2. The van der Waals surface area contributed by atoms with Gasteiger partial charge in [0.1, 0.15) is 22.6 Å². The van der Waals surface area contributed by atoms with E-state index in [0.717, 1.165) is 58.1 Å². The standard InChI is InChI=1S/C37H40ClN7O5S/c1-21-22(2)51-37-33(21)34(25-7-11-26(38)12-8-25)41-29(35-44-43-23(3)45(35)37)19-31(47)39-17-5-4-6-18-40-32(48)20-50-27-13-9-24(10-14-27)28-15-16-30(46)42-36(28)49/h7-14,28-29H,4-6,15-20H2,1-3H3,(H,39,47)(H,40,48)(H,42,46,49). The van der Waals surface area contributed by atoms with Crippen molar-refractivity contribution in [2.45, 2.75) is 71.3 Å². The Morgan fingerprint density at radius 2 is 1.67 bits per heavy atom. The summed E-state index contributed by atoms with van der Waals surface area (Å²) in [5.41, 5.74) is 4.68. The number of unbranched alkanes of at least 4 members (excludes halogenated alkanes) is 2. The molecule has 266 valence electrons. The van der Waals surface area contributed by atoms with E-state index in [9.17, 15) is 19.2 Å². The van der Waals surface area contributed by atoms with Gasteiger partial charge in [0.15, 0.2) is 12.4 Å². The third kappa shape index (κ3) is 8.37. The summed E-state index contributed by atoms with van der Waals surface area (Å²) in [5.74, 6) is 0.629. The van der Waals surface area contributed by atoms with Crippen molar-refractivity contribution in [3.8, 4) is 10.8 Å². The number of nitrogens with zero attached hydrogens (tertiary/aromatic N) is 4. The van der Waals surface area contributed by atoms with E-state index in [1.54, 1.807) is 35.6 Å². The van der Waals surface area contributed by atoms with Gasteiger partial charge in [-0.25, -0.2) is 0 Å². The molecule has 12 nitrogen and oxygen atoms in total. The second-order valence-corrected chi connectivity index (χ2v) is 14.4. The minimum Gasteiger partial charge on any atom is -0.484 e. The third-order valence-corrected chi connectivity index (χ3v) is 10.6. The Hall–Kier alpha value is -4.88. The van der Waals surface area contributed by atoms with Crippen LogP contribution in [0.25, 0.3) is 5.00 Å². The van der Waals surface area contributed by atoms with E-state index in [-0.39, 0.29) is 42.6 Å². The SMILES string of the molecule is Cc1sc2c(c1C)C(c1ccc(Cl)cc1)=NC(CC(=O)NCCCCCNC(=O)COc1ccc(C3CCC(=O)NC3=O)cc1)c1nnc(C)n1-2. The van der Waals surface area contributed by atoms with Crippen LogP contribution in [-0.4, -0.2) is 63.8 Å². The number of benzene rings is 2. The van der Waals surface area contributed by atoms with Crippen molar-refractivity contribution in [1.29, 1.82) is 0 Å². The number of thiophene rings is 1. The van der Waals surface area contributed by atoms with E-state index in [4.69, 9.17) is 21.3 Å². The van der Waals surface area contributed by atoms with Crippen molar-refractivity contribution in [2.75, 3.05) is 19.7 Å². The first-order chi connectivity index (χ1) is 24.6. The predicted molar refractivity (Wildman–Crippen MR) is 195 cm³/mol. The Kier molecular flexibility index (Phi) is 11.3.